The Labute approximate surface area is 170 Å². The summed E-state index contributed by atoms with van der Waals surface area (Å²) in [6, 6.07) is 8.88. The number of methoxy groups -OCH3 is 1. The molecule has 5 heteroatoms. The van der Waals surface area contributed by atoms with Crippen molar-refractivity contribution in [3.05, 3.63) is 23.8 Å². The number of piperidine rings is 1. The molecule has 1 N–H and O–H groups in total. The lowest BCUT2D eigenvalue weighted by atomic mass is 10.0. The van der Waals surface area contributed by atoms with Crippen molar-refractivity contribution in [3.63, 3.8) is 0 Å². The molecule has 0 spiro atoms. The number of nitrogens with zero attached hydrogens (tertiary/aromatic N) is 2. The Kier molecular flexibility index (Phi) is 8.44. The van der Waals surface area contributed by atoms with E-state index in [1.54, 1.807) is 7.11 Å². The molecule has 0 radical (unpaired) electrons. The average molecular weight is 386 g/mol. The van der Waals surface area contributed by atoms with Crippen LogP contribution < -0.4 is 14.8 Å². The van der Waals surface area contributed by atoms with E-state index >= 15 is 0 Å². The highest BCUT2D eigenvalue weighted by molar-refractivity contribution is 5.43. The van der Waals surface area contributed by atoms with Gasteiger partial charge in [-0.1, -0.05) is 18.9 Å². The highest BCUT2D eigenvalue weighted by Crippen LogP contribution is 2.29. The number of ether oxygens (including phenoxy) is 2. The molecule has 28 heavy (non-hydrogen) atoms. The lowest BCUT2D eigenvalue weighted by Gasteiger charge is -2.34. The molecule has 3 rings (SSSR count). The van der Waals surface area contributed by atoms with Gasteiger partial charge in [0.05, 0.1) is 19.8 Å². The Morgan fingerprint density at radius 1 is 1.14 bits per heavy atom. The largest absolute Gasteiger partial charge is 0.493 e. The van der Waals surface area contributed by atoms with E-state index in [9.17, 15) is 0 Å². The lowest BCUT2D eigenvalue weighted by Crippen LogP contribution is -2.43. The Hall–Kier alpha value is -1.77. The van der Waals surface area contributed by atoms with Gasteiger partial charge in [-0.2, -0.15) is 5.26 Å². The van der Waals surface area contributed by atoms with E-state index in [-0.39, 0.29) is 0 Å². The van der Waals surface area contributed by atoms with Crippen LogP contribution in [0.5, 0.6) is 11.5 Å². The summed E-state index contributed by atoms with van der Waals surface area (Å²) in [5.74, 6) is 2.47. The second-order valence-electron chi connectivity index (χ2n) is 8.20. The van der Waals surface area contributed by atoms with Crippen molar-refractivity contribution in [1.29, 1.82) is 5.26 Å². The van der Waals surface area contributed by atoms with Gasteiger partial charge in [0, 0.05) is 25.6 Å². The van der Waals surface area contributed by atoms with Crippen LogP contribution in [0.2, 0.25) is 0 Å². The van der Waals surface area contributed by atoms with Gasteiger partial charge in [-0.15, -0.1) is 0 Å². The topological polar surface area (TPSA) is 57.5 Å². The number of unbranched alkanes of at least 4 members (excludes halogenated alkanes) is 1. The minimum atomic E-state index is 0.517. The van der Waals surface area contributed by atoms with Gasteiger partial charge in [0.15, 0.2) is 11.5 Å². The van der Waals surface area contributed by atoms with E-state index in [0.29, 0.717) is 19.1 Å². The summed E-state index contributed by atoms with van der Waals surface area (Å²) in [4.78, 5) is 2.68. The summed E-state index contributed by atoms with van der Waals surface area (Å²) in [6.45, 7) is 5.16. The fourth-order valence-electron chi connectivity index (χ4n) is 4.42. The number of rotatable bonds is 10. The Morgan fingerprint density at radius 3 is 2.64 bits per heavy atom. The van der Waals surface area contributed by atoms with E-state index in [2.05, 4.69) is 28.4 Å². The van der Waals surface area contributed by atoms with Crippen molar-refractivity contribution in [2.24, 2.45) is 5.92 Å². The second-order valence-corrected chi connectivity index (χ2v) is 8.20. The number of hydrogen-bond acceptors (Lipinski definition) is 5. The molecule has 0 atom stereocenters. The highest BCUT2D eigenvalue weighted by Gasteiger charge is 2.23. The standard InChI is InChI=1S/C23H35N3O2/c1-27-22-9-8-20(16-23(22)28-15-5-4-12-24)17-25-21-10-13-26(14-11-21)18-19-6-2-3-7-19/h8-9,16,19,21,25H,2-7,10-11,13-15,17-18H2,1H3. The molecule has 1 aliphatic carbocycles. The van der Waals surface area contributed by atoms with Crippen molar-refractivity contribution in [1.82, 2.24) is 10.2 Å². The molecule has 2 aliphatic rings. The van der Waals surface area contributed by atoms with Crippen LogP contribution >= 0.6 is 0 Å². The molecule has 2 fully saturated rings. The first-order valence-corrected chi connectivity index (χ1v) is 10.9. The quantitative estimate of drug-likeness (QED) is 0.614. The van der Waals surface area contributed by atoms with Crippen molar-refractivity contribution in [2.75, 3.05) is 33.4 Å². The molecule has 1 aliphatic heterocycles. The fourth-order valence-corrected chi connectivity index (χ4v) is 4.42. The fraction of sp³-hybridized carbons (Fsp3) is 0.696. The van der Waals surface area contributed by atoms with Crippen molar-refractivity contribution < 1.29 is 9.47 Å². The summed E-state index contributed by atoms with van der Waals surface area (Å²) >= 11 is 0. The molecule has 0 aromatic heterocycles. The zero-order valence-electron chi connectivity index (χ0n) is 17.3. The predicted molar refractivity (Wildman–Crippen MR) is 112 cm³/mol. The second kappa shape index (κ2) is 11.3. The monoisotopic (exact) mass is 385 g/mol. The van der Waals surface area contributed by atoms with E-state index in [1.807, 2.05) is 6.07 Å². The molecule has 0 amide bonds. The Bertz CT molecular complexity index is 629. The van der Waals surface area contributed by atoms with Gasteiger partial charge in [0.1, 0.15) is 0 Å². The number of benzene rings is 1. The third-order valence-corrected chi connectivity index (χ3v) is 6.09. The van der Waals surface area contributed by atoms with Crippen LogP contribution in [0.15, 0.2) is 18.2 Å². The van der Waals surface area contributed by atoms with Gasteiger partial charge < -0.3 is 19.7 Å². The molecule has 5 nitrogen and oxygen atoms in total. The normalized spacial score (nSPS) is 18.9. The van der Waals surface area contributed by atoms with Gasteiger partial charge in [0.25, 0.3) is 0 Å². The summed E-state index contributed by atoms with van der Waals surface area (Å²) in [6.07, 6.45) is 9.49. The number of nitrogens with one attached hydrogen (secondary N) is 1. The molecule has 1 heterocycles. The Balaban J connectivity index is 1.42. The molecule has 1 aromatic rings. The maximum Gasteiger partial charge on any atom is 0.161 e. The molecule has 0 bridgehead atoms. The van der Waals surface area contributed by atoms with Crippen LogP contribution in [0.3, 0.4) is 0 Å². The maximum absolute atomic E-state index is 8.65. The van der Waals surface area contributed by atoms with Crippen LogP contribution in [-0.4, -0.2) is 44.3 Å². The predicted octanol–water partition coefficient (Wildman–Crippen LogP) is 4.12. The lowest BCUT2D eigenvalue weighted by molar-refractivity contribution is 0.172. The minimum Gasteiger partial charge on any atom is -0.493 e. The summed E-state index contributed by atoms with van der Waals surface area (Å²) in [5.41, 5.74) is 1.21. The number of nitriles is 1. The SMILES string of the molecule is COc1ccc(CNC2CCN(CC3CCCC3)CC2)cc1OCCCC#N. The number of hydrogen-bond donors (Lipinski definition) is 1. The maximum atomic E-state index is 8.65. The first-order chi connectivity index (χ1) is 13.8. The molecule has 1 saturated heterocycles. The van der Waals surface area contributed by atoms with Crippen LogP contribution in [0.25, 0.3) is 0 Å². The van der Waals surface area contributed by atoms with Crippen molar-refractivity contribution in [3.8, 4) is 17.6 Å². The zero-order valence-corrected chi connectivity index (χ0v) is 17.3. The summed E-state index contributed by atoms with van der Waals surface area (Å²) in [5, 5.41) is 12.4. The van der Waals surface area contributed by atoms with Gasteiger partial charge in [-0.3, -0.25) is 0 Å². The van der Waals surface area contributed by atoms with E-state index < -0.39 is 0 Å². The minimum absolute atomic E-state index is 0.517. The molecule has 1 saturated carbocycles. The average Bonchev–Trinajstić information content (AvgIpc) is 3.24. The summed E-state index contributed by atoms with van der Waals surface area (Å²) < 4.78 is 11.2. The molecular weight excluding hydrogens is 350 g/mol. The molecule has 0 unspecified atom stereocenters. The third kappa shape index (κ3) is 6.39. The van der Waals surface area contributed by atoms with Crippen LogP contribution in [0.4, 0.5) is 0 Å². The Morgan fingerprint density at radius 2 is 1.93 bits per heavy atom. The smallest absolute Gasteiger partial charge is 0.161 e. The first-order valence-electron chi connectivity index (χ1n) is 10.9. The highest BCUT2D eigenvalue weighted by atomic mass is 16.5. The van der Waals surface area contributed by atoms with Gasteiger partial charge >= 0.3 is 0 Å². The molecule has 1 aromatic carbocycles. The van der Waals surface area contributed by atoms with E-state index in [4.69, 9.17) is 14.7 Å². The van der Waals surface area contributed by atoms with E-state index in [0.717, 1.165) is 30.4 Å². The van der Waals surface area contributed by atoms with E-state index in [1.165, 1.54) is 63.7 Å². The van der Waals surface area contributed by atoms with Gasteiger partial charge in [0.2, 0.25) is 0 Å². The zero-order chi connectivity index (χ0) is 19.6. The first kappa shape index (κ1) is 21.0. The van der Waals surface area contributed by atoms with Crippen molar-refractivity contribution >= 4 is 0 Å². The van der Waals surface area contributed by atoms with Crippen LogP contribution in [0, 0.1) is 17.2 Å². The third-order valence-electron chi connectivity index (χ3n) is 6.09. The van der Waals surface area contributed by atoms with Gasteiger partial charge in [-0.25, -0.2) is 0 Å². The molecular formula is C23H35N3O2. The number of likely N-dealkylation sites (tertiary alicyclic amines) is 1. The summed E-state index contributed by atoms with van der Waals surface area (Å²) in [7, 11) is 1.66. The van der Waals surface area contributed by atoms with Crippen LogP contribution in [-0.2, 0) is 6.54 Å². The van der Waals surface area contributed by atoms with Crippen LogP contribution in [0.1, 0.15) is 56.9 Å². The van der Waals surface area contributed by atoms with Gasteiger partial charge in [-0.05, 0) is 68.8 Å². The van der Waals surface area contributed by atoms with Crippen molar-refractivity contribution in [2.45, 2.75) is 64.0 Å². The molecule has 154 valence electrons.